The molecule has 2 N–H and O–H groups in total. The summed E-state index contributed by atoms with van der Waals surface area (Å²) >= 11 is 0. The maximum absolute atomic E-state index is 13.0. The Balaban J connectivity index is 3.04. The second-order valence-electron chi connectivity index (χ2n) is 3.92. The average molecular weight is 314 g/mol. The van der Waals surface area contributed by atoms with Crippen LogP contribution in [0.4, 0.5) is 8.87 Å². The van der Waals surface area contributed by atoms with Crippen LogP contribution in [0.25, 0.3) is 0 Å². The minimum atomic E-state index is -1.22. The lowest BCUT2D eigenvalue weighted by molar-refractivity contribution is -0.109. The summed E-state index contributed by atoms with van der Waals surface area (Å²) in [6.07, 6.45) is -0.773. The average Bonchev–Trinajstić information content (AvgIpc) is 2.49. The van der Waals surface area contributed by atoms with Crippen molar-refractivity contribution >= 4 is 6.41 Å². The highest BCUT2D eigenvalue weighted by atomic mass is 19.2. The molecule has 0 saturated heterocycles. The number of nitrogens with one attached hydrogen (secondary N) is 2. The smallest absolute Gasteiger partial charge is 0.207 e. The summed E-state index contributed by atoms with van der Waals surface area (Å²) in [6, 6.07) is 0. The monoisotopic (exact) mass is 314 g/mol. The molecule has 0 spiro atoms. The molecule has 0 radical (unpaired) electrons. The van der Waals surface area contributed by atoms with Crippen molar-refractivity contribution in [1.82, 2.24) is 10.9 Å². The van der Waals surface area contributed by atoms with Crippen molar-refractivity contribution in [3.63, 3.8) is 0 Å². The van der Waals surface area contributed by atoms with Gasteiger partial charge in [0.15, 0.2) is 0 Å². The number of hydrogen-bond donors (Lipinski definition) is 2. The number of alkyl halides is 1. The number of amides is 1. The Labute approximate surface area is 123 Å². The van der Waals surface area contributed by atoms with Crippen molar-refractivity contribution in [1.29, 1.82) is 0 Å². The molecule has 0 rings (SSSR count). The molecular weight excluding hydrogens is 290 g/mol. The van der Waals surface area contributed by atoms with Crippen molar-refractivity contribution in [3.05, 3.63) is 0 Å². The van der Waals surface area contributed by atoms with Gasteiger partial charge >= 0.3 is 0 Å². The molecule has 0 fully saturated rings. The van der Waals surface area contributed by atoms with E-state index in [4.69, 9.17) is 18.9 Å². The molecule has 126 valence electrons. The Morgan fingerprint density at radius 3 is 1.95 bits per heavy atom. The topological polar surface area (TPSA) is 78.1 Å². The molecule has 0 aromatic heterocycles. The van der Waals surface area contributed by atoms with E-state index < -0.39 is 6.17 Å². The number of halogens is 2. The Hall–Kier alpha value is -0.870. The lowest BCUT2D eigenvalue weighted by Gasteiger charge is -2.09. The Morgan fingerprint density at radius 1 is 0.905 bits per heavy atom. The van der Waals surface area contributed by atoms with Crippen molar-refractivity contribution < 1.29 is 32.6 Å². The Morgan fingerprint density at radius 2 is 1.43 bits per heavy atom. The summed E-state index contributed by atoms with van der Waals surface area (Å²) in [5.74, 6) is 0. The first-order chi connectivity index (χ1) is 10.3. The third-order valence-corrected chi connectivity index (χ3v) is 2.18. The highest BCUT2D eigenvalue weighted by Crippen LogP contribution is 1.90. The minimum Gasteiger partial charge on any atom is -0.378 e. The van der Waals surface area contributed by atoms with E-state index in [1.165, 1.54) is 5.54 Å². The molecule has 0 aromatic rings. The van der Waals surface area contributed by atoms with Crippen molar-refractivity contribution in [2.24, 2.45) is 0 Å². The molecule has 0 bridgehead atoms. The van der Waals surface area contributed by atoms with E-state index in [0.29, 0.717) is 46.1 Å². The zero-order valence-corrected chi connectivity index (χ0v) is 12.0. The van der Waals surface area contributed by atoms with Gasteiger partial charge in [0.2, 0.25) is 6.41 Å². The third-order valence-electron chi connectivity index (χ3n) is 2.18. The first kappa shape index (κ1) is 20.1. The summed E-state index contributed by atoms with van der Waals surface area (Å²) in [4.78, 5) is 9.92. The molecule has 1 atom stereocenters. The van der Waals surface area contributed by atoms with Crippen LogP contribution in [-0.4, -0.2) is 78.5 Å². The number of rotatable bonds is 17. The SMILES string of the molecule is O=CNCC(F)COCCOCCOCCOCCNF. The summed E-state index contributed by atoms with van der Waals surface area (Å²) in [6.45, 7) is 2.58. The molecule has 0 saturated carbocycles. The van der Waals surface area contributed by atoms with Crippen LogP contribution in [0.2, 0.25) is 0 Å². The molecule has 21 heavy (non-hydrogen) atoms. The van der Waals surface area contributed by atoms with Gasteiger partial charge in [0.05, 0.1) is 59.4 Å². The zero-order chi connectivity index (χ0) is 15.6. The molecule has 0 aliphatic carbocycles. The molecule has 0 heterocycles. The first-order valence-corrected chi connectivity index (χ1v) is 6.76. The van der Waals surface area contributed by atoms with Gasteiger partial charge < -0.3 is 24.3 Å². The van der Waals surface area contributed by atoms with Crippen LogP contribution in [0.15, 0.2) is 0 Å². The van der Waals surface area contributed by atoms with Crippen LogP contribution in [0.5, 0.6) is 0 Å². The van der Waals surface area contributed by atoms with Crippen LogP contribution in [0, 0.1) is 0 Å². The maximum Gasteiger partial charge on any atom is 0.207 e. The number of ether oxygens (including phenoxy) is 4. The lowest BCUT2D eigenvalue weighted by Crippen LogP contribution is -2.26. The van der Waals surface area contributed by atoms with E-state index in [0.717, 1.165) is 0 Å². The van der Waals surface area contributed by atoms with Crippen LogP contribution in [-0.2, 0) is 23.7 Å². The molecule has 1 amide bonds. The Bertz CT molecular complexity index is 228. The van der Waals surface area contributed by atoms with Crippen LogP contribution in [0.1, 0.15) is 0 Å². The van der Waals surface area contributed by atoms with Gasteiger partial charge in [-0.2, -0.15) is 5.54 Å². The quantitative estimate of drug-likeness (QED) is 0.216. The van der Waals surface area contributed by atoms with Gasteiger partial charge in [-0.15, -0.1) is 4.48 Å². The summed E-state index contributed by atoms with van der Waals surface area (Å²) in [7, 11) is 0. The molecule has 1 unspecified atom stereocenters. The highest BCUT2D eigenvalue weighted by Gasteiger charge is 2.04. The summed E-state index contributed by atoms with van der Waals surface area (Å²) < 4.78 is 44.9. The highest BCUT2D eigenvalue weighted by molar-refractivity contribution is 5.45. The van der Waals surface area contributed by atoms with E-state index >= 15 is 0 Å². The number of hydrogen-bond acceptors (Lipinski definition) is 6. The second-order valence-corrected chi connectivity index (χ2v) is 3.92. The fourth-order valence-corrected chi connectivity index (χ4v) is 1.22. The van der Waals surface area contributed by atoms with Gasteiger partial charge in [-0.3, -0.25) is 4.79 Å². The van der Waals surface area contributed by atoms with Crippen molar-refractivity contribution in [2.45, 2.75) is 6.17 Å². The van der Waals surface area contributed by atoms with E-state index in [-0.39, 0.29) is 26.3 Å². The fraction of sp³-hybridized carbons (Fsp3) is 0.917. The first-order valence-electron chi connectivity index (χ1n) is 6.76. The normalized spacial score (nSPS) is 12.3. The number of carbonyl (C=O) groups excluding carboxylic acids is 1. The number of carbonyl (C=O) groups is 1. The van der Waals surface area contributed by atoms with E-state index in [1.54, 1.807) is 0 Å². The van der Waals surface area contributed by atoms with Crippen molar-refractivity contribution in [2.75, 3.05) is 65.9 Å². The van der Waals surface area contributed by atoms with Gasteiger partial charge in [-0.1, -0.05) is 0 Å². The fourth-order valence-electron chi connectivity index (χ4n) is 1.22. The third kappa shape index (κ3) is 17.1. The van der Waals surface area contributed by atoms with Gasteiger partial charge in [0, 0.05) is 6.54 Å². The Kier molecular flexibility index (Phi) is 16.5. The molecule has 9 heteroatoms. The predicted octanol–water partition coefficient (Wildman–Crippen LogP) is -0.389. The lowest BCUT2D eigenvalue weighted by atomic mass is 10.4. The van der Waals surface area contributed by atoms with Crippen LogP contribution < -0.4 is 10.9 Å². The maximum atomic E-state index is 13.0. The van der Waals surface area contributed by atoms with Gasteiger partial charge in [0.25, 0.3) is 0 Å². The van der Waals surface area contributed by atoms with Crippen LogP contribution in [0.3, 0.4) is 0 Å². The van der Waals surface area contributed by atoms with Crippen molar-refractivity contribution in [3.8, 4) is 0 Å². The molecule has 0 aliphatic rings. The zero-order valence-electron chi connectivity index (χ0n) is 12.0. The minimum absolute atomic E-state index is 0.0539. The molecular formula is C12H24F2N2O5. The summed E-state index contributed by atoms with van der Waals surface area (Å²) in [5.41, 5.74) is 1.48. The predicted molar refractivity (Wildman–Crippen MR) is 71.3 cm³/mol. The molecule has 0 aromatic carbocycles. The second kappa shape index (κ2) is 17.2. The summed E-state index contributed by atoms with van der Waals surface area (Å²) in [5, 5.41) is 2.23. The van der Waals surface area contributed by atoms with Gasteiger partial charge in [0.1, 0.15) is 6.17 Å². The van der Waals surface area contributed by atoms with E-state index in [2.05, 4.69) is 5.32 Å². The van der Waals surface area contributed by atoms with E-state index in [9.17, 15) is 13.7 Å². The van der Waals surface area contributed by atoms with Gasteiger partial charge in [-0.05, 0) is 0 Å². The van der Waals surface area contributed by atoms with Gasteiger partial charge in [-0.25, -0.2) is 4.39 Å². The molecule has 0 aliphatic heterocycles. The largest absolute Gasteiger partial charge is 0.378 e. The molecule has 7 nitrogen and oxygen atoms in total. The standard InChI is InChI=1S/C12H24F2N2O5/c13-12(9-15-11-17)10-21-8-7-20-6-5-19-4-3-18-2-1-16-14/h11-12,16H,1-10H2,(H,15,17). The van der Waals surface area contributed by atoms with Crippen LogP contribution >= 0.6 is 0 Å². The van der Waals surface area contributed by atoms with E-state index in [1.807, 2.05) is 0 Å².